The monoisotopic (exact) mass is 804 g/mol. The van der Waals surface area contributed by atoms with E-state index in [1.807, 2.05) is 59.5 Å². The summed E-state index contributed by atoms with van der Waals surface area (Å²) in [6, 6.07) is 30.8. The lowest BCUT2D eigenvalue weighted by atomic mass is 9.95. The van der Waals surface area contributed by atoms with Gasteiger partial charge < -0.3 is 29.8 Å². The van der Waals surface area contributed by atoms with Gasteiger partial charge in [-0.05, 0) is 94.1 Å². The first-order valence-electron chi connectivity index (χ1n) is 22.1. The quantitative estimate of drug-likeness (QED) is 0.272. The van der Waals surface area contributed by atoms with Crippen molar-refractivity contribution in [1.29, 1.82) is 0 Å². The maximum absolute atomic E-state index is 12.4. The van der Waals surface area contributed by atoms with Crippen molar-refractivity contribution in [2.24, 2.45) is 5.92 Å². The SMILES string of the molecule is CN1CCC2(CC1)NCC(=O)N2Cc1ccccc1.O=C1CNC2(CCN(CC3CC3)CC2)N1Cc1ccccc1.O=C1CNC2(CCNCC2)N1Cc1ccccc1. The van der Waals surface area contributed by atoms with Gasteiger partial charge in [-0.2, -0.15) is 0 Å². The topological polar surface area (TPSA) is 116 Å². The molecule has 4 N–H and O–H groups in total. The molecule has 10 rings (SSSR count). The number of piperidine rings is 3. The molecule has 1 saturated carbocycles. The molecule has 0 aromatic heterocycles. The summed E-state index contributed by atoms with van der Waals surface area (Å²) in [4.78, 5) is 47.7. The lowest BCUT2D eigenvalue weighted by Crippen LogP contribution is -2.58. The van der Waals surface area contributed by atoms with E-state index in [2.05, 4.69) is 84.3 Å². The largest absolute Gasteiger partial charge is 0.319 e. The van der Waals surface area contributed by atoms with Gasteiger partial charge in [-0.15, -0.1) is 0 Å². The summed E-state index contributed by atoms with van der Waals surface area (Å²) in [7, 11) is 2.14. The number of hydrogen-bond donors (Lipinski definition) is 4. The second-order valence-electron chi connectivity index (χ2n) is 17.8. The van der Waals surface area contributed by atoms with Crippen LogP contribution in [0.15, 0.2) is 91.0 Å². The summed E-state index contributed by atoms with van der Waals surface area (Å²) in [5.74, 6) is 1.65. The Morgan fingerprint density at radius 1 is 0.508 bits per heavy atom. The number of nitrogens with one attached hydrogen (secondary N) is 4. The van der Waals surface area contributed by atoms with Gasteiger partial charge in [0.1, 0.15) is 0 Å². The molecule has 3 spiro atoms. The Morgan fingerprint density at radius 2 is 0.864 bits per heavy atom. The highest BCUT2D eigenvalue weighted by Gasteiger charge is 2.48. The molecule has 59 heavy (non-hydrogen) atoms. The zero-order valence-electron chi connectivity index (χ0n) is 35.0. The normalized spacial score (nSPS) is 23.7. The standard InChI is InChI=1S/C18H25N3O.C15H21N3O.C14H19N3O/c22-17-12-19-18(21(17)14-15-4-2-1-3-5-15)8-10-20(11-9-18)13-16-6-7-16;1-17-9-7-15(8-10-17)16-11-14(19)18(15)12-13-5-3-2-4-6-13;18-13-10-16-14(6-8-15-9-7-14)17(13)11-12-4-2-1-3-5-12/h1-5,16,19H,6-14H2;2-6,16H,7-12H2,1H3;1-5,15-16H,6-11H2. The Balaban J connectivity index is 0.000000124. The molecule has 3 aromatic rings. The van der Waals surface area contributed by atoms with Gasteiger partial charge in [0.15, 0.2) is 0 Å². The molecule has 316 valence electrons. The Morgan fingerprint density at radius 3 is 1.24 bits per heavy atom. The molecule has 6 saturated heterocycles. The van der Waals surface area contributed by atoms with Crippen LogP contribution >= 0.6 is 0 Å². The predicted molar refractivity (Wildman–Crippen MR) is 230 cm³/mol. The molecule has 12 heteroatoms. The van der Waals surface area contributed by atoms with E-state index in [1.165, 1.54) is 36.1 Å². The van der Waals surface area contributed by atoms with Crippen LogP contribution in [-0.2, 0) is 34.0 Å². The molecule has 0 unspecified atom stereocenters. The average molecular weight is 804 g/mol. The van der Waals surface area contributed by atoms with E-state index in [0.717, 1.165) is 96.8 Å². The van der Waals surface area contributed by atoms with Crippen molar-refractivity contribution in [2.45, 2.75) is 88.0 Å². The molecule has 0 radical (unpaired) electrons. The molecule has 1 aliphatic carbocycles. The van der Waals surface area contributed by atoms with Gasteiger partial charge in [0, 0.05) is 52.4 Å². The first-order chi connectivity index (χ1) is 28.7. The van der Waals surface area contributed by atoms with Crippen LogP contribution in [0.4, 0.5) is 0 Å². The van der Waals surface area contributed by atoms with Crippen molar-refractivity contribution in [2.75, 3.05) is 72.5 Å². The number of carbonyl (C=O) groups excluding carboxylic acids is 3. The van der Waals surface area contributed by atoms with Crippen LogP contribution in [0.25, 0.3) is 0 Å². The van der Waals surface area contributed by atoms with Gasteiger partial charge >= 0.3 is 0 Å². The average Bonchev–Trinajstić information content (AvgIpc) is 3.91. The number of likely N-dealkylation sites (tertiary alicyclic amines) is 2. The first kappa shape index (κ1) is 41.6. The molecule has 12 nitrogen and oxygen atoms in total. The molecule has 6 heterocycles. The van der Waals surface area contributed by atoms with Gasteiger partial charge in [0.05, 0.1) is 36.6 Å². The molecule has 3 amide bonds. The summed E-state index contributed by atoms with van der Waals surface area (Å²) < 4.78 is 0. The van der Waals surface area contributed by atoms with Crippen LogP contribution in [0, 0.1) is 5.92 Å². The van der Waals surface area contributed by atoms with Crippen molar-refractivity contribution in [3.63, 3.8) is 0 Å². The van der Waals surface area contributed by atoms with E-state index in [0.29, 0.717) is 26.2 Å². The van der Waals surface area contributed by atoms with Crippen LogP contribution in [-0.4, -0.2) is 132 Å². The van der Waals surface area contributed by atoms with Crippen LogP contribution in [0.3, 0.4) is 0 Å². The van der Waals surface area contributed by atoms with Crippen molar-refractivity contribution >= 4 is 17.7 Å². The lowest BCUT2D eigenvalue weighted by Gasteiger charge is -2.44. The van der Waals surface area contributed by atoms with Crippen molar-refractivity contribution < 1.29 is 14.4 Å². The highest BCUT2D eigenvalue weighted by Crippen LogP contribution is 2.35. The van der Waals surface area contributed by atoms with Crippen LogP contribution in [0.1, 0.15) is 68.1 Å². The van der Waals surface area contributed by atoms with Crippen molar-refractivity contribution in [1.82, 2.24) is 45.8 Å². The van der Waals surface area contributed by atoms with E-state index in [9.17, 15) is 14.4 Å². The van der Waals surface area contributed by atoms with Crippen molar-refractivity contribution in [3.8, 4) is 0 Å². The Kier molecular flexibility index (Phi) is 13.1. The minimum absolute atomic E-state index is 0.104. The fraction of sp³-hybridized carbons (Fsp3) is 0.553. The third-order valence-electron chi connectivity index (χ3n) is 13.9. The summed E-state index contributed by atoms with van der Waals surface area (Å²) >= 11 is 0. The maximum atomic E-state index is 12.4. The van der Waals surface area contributed by atoms with Gasteiger partial charge in [-0.3, -0.25) is 30.3 Å². The minimum Gasteiger partial charge on any atom is -0.319 e. The fourth-order valence-electron chi connectivity index (χ4n) is 9.97. The summed E-state index contributed by atoms with van der Waals surface area (Å²) in [6.45, 7) is 11.2. The molecule has 6 aliphatic heterocycles. The second-order valence-corrected chi connectivity index (χ2v) is 17.8. The summed E-state index contributed by atoms with van der Waals surface area (Å²) in [5.41, 5.74) is 3.30. The predicted octanol–water partition coefficient (Wildman–Crippen LogP) is 3.56. The first-order valence-corrected chi connectivity index (χ1v) is 22.1. The Hall–Kier alpha value is -4.17. The van der Waals surface area contributed by atoms with Gasteiger partial charge in [0.25, 0.3) is 0 Å². The molecule has 0 bridgehead atoms. The zero-order valence-corrected chi connectivity index (χ0v) is 35.0. The maximum Gasteiger partial charge on any atom is 0.238 e. The number of nitrogens with zero attached hydrogens (tertiary/aromatic N) is 5. The number of carbonyl (C=O) groups is 3. The van der Waals surface area contributed by atoms with E-state index in [1.54, 1.807) is 0 Å². The third kappa shape index (κ3) is 9.90. The molecular weight excluding hydrogens is 739 g/mol. The molecule has 3 aromatic carbocycles. The molecular formula is C47H65N9O3. The number of benzene rings is 3. The van der Waals surface area contributed by atoms with Crippen LogP contribution in [0.2, 0.25) is 0 Å². The summed E-state index contributed by atoms with van der Waals surface area (Å²) in [5, 5.41) is 13.8. The Bertz CT molecular complexity index is 1840. The van der Waals surface area contributed by atoms with Crippen LogP contribution in [0.5, 0.6) is 0 Å². The fourth-order valence-corrected chi connectivity index (χ4v) is 9.97. The molecule has 7 fully saturated rings. The van der Waals surface area contributed by atoms with E-state index in [4.69, 9.17) is 0 Å². The minimum atomic E-state index is -0.113. The smallest absolute Gasteiger partial charge is 0.238 e. The second kappa shape index (κ2) is 18.6. The van der Waals surface area contributed by atoms with E-state index in [-0.39, 0.29) is 34.7 Å². The van der Waals surface area contributed by atoms with Crippen LogP contribution < -0.4 is 21.3 Å². The van der Waals surface area contributed by atoms with E-state index >= 15 is 0 Å². The number of amides is 3. The third-order valence-corrected chi connectivity index (χ3v) is 13.9. The van der Waals surface area contributed by atoms with Gasteiger partial charge in [-0.25, -0.2) is 0 Å². The summed E-state index contributed by atoms with van der Waals surface area (Å²) in [6.07, 6.45) is 8.95. The van der Waals surface area contributed by atoms with Gasteiger partial charge in [-0.1, -0.05) is 91.0 Å². The Labute approximate surface area is 351 Å². The highest BCUT2D eigenvalue weighted by atomic mass is 16.2. The van der Waals surface area contributed by atoms with E-state index < -0.39 is 0 Å². The van der Waals surface area contributed by atoms with Crippen molar-refractivity contribution in [3.05, 3.63) is 108 Å². The molecule has 7 aliphatic rings. The number of hydrogen-bond acceptors (Lipinski definition) is 9. The zero-order chi connectivity index (χ0) is 40.7. The lowest BCUT2D eigenvalue weighted by molar-refractivity contribution is -0.133. The molecule has 0 atom stereocenters. The number of rotatable bonds is 8. The highest BCUT2D eigenvalue weighted by molar-refractivity contribution is 5.82. The van der Waals surface area contributed by atoms with Gasteiger partial charge in [0.2, 0.25) is 17.7 Å².